The molecule has 0 spiro atoms. The molecule has 1 atom stereocenters. The number of hydrogen-bond acceptors (Lipinski definition) is 2. The molecule has 1 aromatic heterocycles. The van der Waals surface area contributed by atoms with Crippen LogP contribution in [-0.2, 0) is 0 Å². The minimum Gasteiger partial charge on any atom is -0.313 e. The lowest BCUT2D eigenvalue weighted by atomic mass is 9.79. The van der Waals surface area contributed by atoms with Crippen LogP contribution in [0.4, 0.5) is 0 Å². The second-order valence-corrected chi connectivity index (χ2v) is 5.97. The molecule has 1 nitrogen and oxygen atoms in total. The molecular formula is C15H19NS. The highest BCUT2D eigenvalue weighted by Gasteiger charge is 2.23. The minimum absolute atomic E-state index is 0.538. The van der Waals surface area contributed by atoms with Gasteiger partial charge in [0.15, 0.2) is 0 Å². The predicted molar refractivity (Wildman–Crippen MR) is 75.6 cm³/mol. The molecule has 1 saturated carbocycles. The number of hydrogen-bond donors (Lipinski definition) is 1. The molecule has 1 aliphatic carbocycles. The van der Waals surface area contributed by atoms with E-state index in [1.54, 1.807) is 0 Å². The van der Waals surface area contributed by atoms with Crippen LogP contribution in [0.2, 0.25) is 0 Å². The fraction of sp³-hybridized carbons (Fsp3) is 0.467. The van der Waals surface area contributed by atoms with Gasteiger partial charge in [-0.05, 0) is 41.8 Å². The Labute approximate surface area is 107 Å². The zero-order valence-electron chi connectivity index (χ0n) is 10.3. The molecule has 0 saturated heterocycles. The number of benzene rings is 1. The zero-order valence-corrected chi connectivity index (χ0v) is 11.1. The molecule has 0 amide bonds. The van der Waals surface area contributed by atoms with Gasteiger partial charge in [0, 0.05) is 10.7 Å². The highest BCUT2D eigenvalue weighted by atomic mass is 32.1. The fourth-order valence-electron chi connectivity index (χ4n) is 2.73. The van der Waals surface area contributed by atoms with Crippen molar-refractivity contribution in [1.82, 2.24) is 5.32 Å². The summed E-state index contributed by atoms with van der Waals surface area (Å²) in [6, 6.07) is 9.29. The maximum atomic E-state index is 3.50. The largest absolute Gasteiger partial charge is 0.313 e. The number of nitrogens with one attached hydrogen (secondary N) is 1. The Hall–Kier alpha value is -0.860. The summed E-state index contributed by atoms with van der Waals surface area (Å²) >= 11 is 1.87. The van der Waals surface area contributed by atoms with Crippen LogP contribution in [0.5, 0.6) is 0 Å². The first kappa shape index (κ1) is 11.2. The van der Waals surface area contributed by atoms with Crippen LogP contribution in [0, 0.1) is 5.92 Å². The maximum absolute atomic E-state index is 3.50. The van der Waals surface area contributed by atoms with E-state index in [1.807, 2.05) is 11.3 Å². The molecule has 1 fully saturated rings. The number of rotatable bonds is 4. The van der Waals surface area contributed by atoms with Gasteiger partial charge in [0.25, 0.3) is 0 Å². The SMILES string of the molecule is CNC(CC1CCC1)c1csc2ccccc12. The molecule has 90 valence electrons. The number of fused-ring (bicyclic) bond motifs is 1. The van der Waals surface area contributed by atoms with E-state index >= 15 is 0 Å². The summed E-state index contributed by atoms with van der Waals surface area (Å²) in [6.45, 7) is 0. The normalized spacial score (nSPS) is 18.2. The van der Waals surface area contributed by atoms with Crippen LogP contribution >= 0.6 is 11.3 Å². The quantitative estimate of drug-likeness (QED) is 0.844. The number of thiophene rings is 1. The van der Waals surface area contributed by atoms with Crippen molar-refractivity contribution < 1.29 is 0 Å². The Balaban J connectivity index is 1.89. The molecule has 1 aromatic carbocycles. The van der Waals surface area contributed by atoms with E-state index < -0.39 is 0 Å². The van der Waals surface area contributed by atoms with Crippen LogP contribution in [0.3, 0.4) is 0 Å². The summed E-state index contributed by atoms with van der Waals surface area (Å²) < 4.78 is 1.41. The van der Waals surface area contributed by atoms with Gasteiger partial charge in [-0.2, -0.15) is 0 Å². The Morgan fingerprint density at radius 3 is 2.88 bits per heavy atom. The van der Waals surface area contributed by atoms with Gasteiger partial charge in [-0.15, -0.1) is 11.3 Å². The average molecular weight is 245 g/mol. The molecule has 3 rings (SSSR count). The van der Waals surface area contributed by atoms with Crippen molar-refractivity contribution in [3.63, 3.8) is 0 Å². The topological polar surface area (TPSA) is 12.0 Å². The lowest BCUT2D eigenvalue weighted by molar-refractivity contribution is 0.266. The smallest absolute Gasteiger partial charge is 0.0346 e. The standard InChI is InChI=1S/C15H19NS/c1-16-14(9-11-5-4-6-11)13-10-17-15-8-3-2-7-12(13)15/h2-3,7-8,10-11,14,16H,4-6,9H2,1H3. The molecular weight excluding hydrogens is 226 g/mol. The maximum Gasteiger partial charge on any atom is 0.0346 e. The Kier molecular flexibility index (Phi) is 3.17. The summed E-state index contributed by atoms with van der Waals surface area (Å²) in [6.07, 6.45) is 5.60. The van der Waals surface area contributed by atoms with Crippen LogP contribution < -0.4 is 5.32 Å². The van der Waals surface area contributed by atoms with E-state index in [0.29, 0.717) is 6.04 Å². The van der Waals surface area contributed by atoms with E-state index in [1.165, 1.54) is 41.3 Å². The van der Waals surface area contributed by atoms with Crippen molar-refractivity contribution in [3.05, 3.63) is 35.2 Å². The van der Waals surface area contributed by atoms with Crippen molar-refractivity contribution in [2.45, 2.75) is 31.7 Å². The lowest BCUT2D eigenvalue weighted by Crippen LogP contribution is -2.22. The molecule has 1 aliphatic rings. The first-order valence-corrected chi connectivity index (χ1v) is 7.40. The van der Waals surface area contributed by atoms with Gasteiger partial charge in [-0.25, -0.2) is 0 Å². The average Bonchev–Trinajstić information content (AvgIpc) is 2.72. The third kappa shape index (κ3) is 2.12. The molecule has 1 N–H and O–H groups in total. The zero-order chi connectivity index (χ0) is 11.7. The van der Waals surface area contributed by atoms with Gasteiger partial charge >= 0.3 is 0 Å². The van der Waals surface area contributed by atoms with E-state index in [2.05, 4.69) is 42.0 Å². The van der Waals surface area contributed by atoms with Crippen molar-refractivity contribution in [1.29, 1.82) is 0 Å². The van der Waals surface area contributed by atoms with Crippen LogP contribution in [0.15, 0.2) is 29.6 Å². The van der Waals surface area contributed by atoms with Gasteiger partial charge < -0.3 is 5.32 Å². The Bertz CT molecular complexity index is 498. The highest BCUT2D eigenvalue weighted by molar-refractivity contribution is 7.17. The molecule has 1 heterocycles. The van der Waals surface area contributed by atoms with Crippen molar-refractivity contribution in [2.75, 3.05) is 7.05 Å². The summed E-state index contributed by atoms with van der Waals surface area (Å²) in [5, 5.41) is 7.28. The molecule has 0 radical (unpaired) electrons. The lowest BCUT2D eigenvalue weighted by Gasteiger charge is -2.29. The second kappa shape index (κ2) is 4.79. The first-order chi connectivity index (χ1) is 8.38. The second-order valence-electron chi connectivity index (χ2n) is 5.06. The van der Waals surface area contributed by atoms with Crippen LogP contribution in [0.25, 0.3) is 10.1 Å². The van der Waals surface area contributed by atoms with E-state index in [9.17, 15) is 0 Å². The Morgan fingerprint density at radius 1 is 1.35 bits per heavy atom. The van der Waals surface area contributed by atoms with E-state index in [-0.39, 0.29) is 0 Å². The molecule has 2 aromatic rings. The molecule has 1 unspecified atom stereocenters. The fourth-order valence-corrected chi connectivity index (χ4v) is 3.75. The monoisotopic (exact) mass is 245 g/mol. The Morgan fingerprint density at radius 2 is 2.18 bits per heavy atom. The van der Waals surface area contributed by atoms with E-state index in [4.69, 9.17) is 0 Å². The van der Waals surface area contributed by atoms with Crippen molar-refractivity contribution in [2.24, 2.45) is 5.92 Å². The summed E-state index contributed by atoms with van der Waals surface area (Å²) in [5.74, 6) is 0.950. The van der Waals surface area contributed by atoms with Gasteiger partial charge in [0.2, 0.25) is 0 Å². The van der Waals surface area contributed by atoms with Gasteiger partial charge in [-0.3, -0.25) is 0 Å². The summed E-state index contributed by atoms with van der Waals surface area (Å²) in [7, 11) is 2.09. The van der Waals surface area contributed by atoms with Crippen LogP contribution in [-0.4, -0.2) is 7.05 Å². The van der Waals surface area contributed by atoms with Crippen molar-refractivity contribution >= 4 is 21.4 Å². The van der Waals surface area contributed by atoms with Crippen molar-refractivity contribution in [3.8, 4) is 0 Å². The third-order valence-corrected chi connectivity index (χ3v) is 5.01. The predicted octanol–water partition coefficient (Wildman–Crippen LogP) is 4.35. The molecule has 17 heavy (non-hydrogen) atoms. The molecule has 0 bridgehead atoms. The summed E-state index contributed by atoms with van der Waals surface area (Å²) in [4.78, 5) is 0. The molecule has 0 aliphatic heterocycles. The molecule has 2 heteroatoms. The van der Waals surface area contributed by atoms with Gasteiger partial charge in [0.05, 0.1) is 0 Å². The highest BCUT2D eigenvalue weighted by Crippen LogP contribution is 2.38. The van der Waals surface area contributed by atoms with Gasteiger partial charge in [0.1, 0.15) is 0 Å². The minimum atomic E-state index is 0.538. The third-order valence-electron chi connectivity index (χ3n) is 4.03. The first-order valence-electron chi connectivity index (χ1n) is 6.52. The summed E-state index contributed by atoms with van der Waals surface area (Å²) in [5.41, 5.74) is 1.50. The van der Waals surface area contributed by atoms with Crippen LogP contribution in [0.1, 0.15) is 37.3 Å². The van der Waals surface area contributed by atoms with Gasteiger partial charge in [-0.1, -0.05) is 37.5 Å². The van der Waals surface area contributed by atoms with E-state index in [0.717, 1.165) is 5.92 Å².